The molecule has 0 fully saturated rings. The molecule has 18 heteroatoms. The highest BCUT2D eigenvalue weighted by molar-refractivity contribution is 7.45. The number of carbonyl (C=O) groups excluding carboxylic acids is 2. The lowest BCUT2D eigenvalue weighted by atomic mass is 9.96. The second-order valence-electron chi connectivity index (χ2n) is 17.9. The Hall–Kier alpha value is -2.59. The Kier molecular flexibility index (Phi) is 18.9. The Morgan fingerprint density at radius 2 is 0.931 bits per heavy atom. The van der Waals surface area contributed by atoms with Crippen molar-refractivity contribution in [3.05, 3.63) is 0 Å². The molecule has 0 aromatic rings. The van der Waals surface area contributed by atoms with Crippen molar-refractivity contribution >= 4 is 19.8 Å². The van der Waals surface area contributed by atoms with Crippen molar-refractivity contribution in [2.24, 2.45) is 40.9 Å². The molecular weight excluding hydrogens is 765 g/mol. The van der Waals surface area contributed by atoms with E-state index in [0.717, 1.165) is 128 Å². The first kappa shape index (κ1) is 48.1. The number of ether oxygens (including phenoxy) is 2. The van der Waals surface area contributed by atoms with Crippen molar-refractivity contribution in [2.75, 3.05) is 47.5 Å². The Balaban J connectivity index is 1.10. The molecule has 0 aliphatic carbocycles. The van der Waals surface area contributed by atoms with Crippen molar-refractivity contribution in [1.29, 1.82) is 0 Å². The predicted octanol–water partition coefficient (Wildman–Crippen LogP) is 9.70. The minimum Gasteiger partial charge on any atom is -0.756 e. The number of carbonyl (C=O) groups is 2. The zero-order valence-electron chi connectivity index (χ0n) is 36.1. The second kappa shape index (κ2) is 22.9. The lowest BCUT2D eigenvalue weighted by Gasteiger charge is -2.28. The Morgan fingerprint density at radius 1 is 0.552 bits per heavy atom. The highest BCUT2D eigenvalue weighted by atomic mass is 31.2. The summed E-state index contributed by atoms with van der Waals surface area (Å²) in [7, 11) is 1.05. The van der Waals surface area contributed by atoms with Crippen LogP contribution in [0.1, 0.15) is 168 Å². The molecule has 0 N–H and O–H groups in total. The van der Waals surface area contributed by atoms with Crippen LogP contribution < -0.4 is 4.89 Å². The zero-order chi connectivity index (χ0) is 42.0. The van der Waals surface area contributed by atoms with Gasteiger partial charge in [-0.15, -0.1) is 0 Å². The third kappa shape index (κ3) is 19.6. The number of nitrogens with zero attached hydrogens (tertiary/aromatic N) is 9. The van der Waals surface area contributed by atoms with Crippen LogP contribution in [0.2, 0.25) is 0 Å². The predicted molar refractivity (Wildman–Crippen MR) is 216 cm³/mol. The first-order valence-corrected chi connectivity index (χ1v) is 23.6. The van der Waals surface area contributed by atoms with Gasteiger partial charge in [0.05, 0.1) is 27.7 Å². The average Bonchev–Trinajstić information content (AvgIpc) is 3.98. The van der Waals surface area contributed by atoms with E-state index in [1.807, 2.05) is 21.1 Å². The van der Waals surface area contributed by atoms with Crippen molar-refractivity contribution in [3.63, 3.8) is 0 Å². The van der Waals surface area contributed by atoms with E-state index in [4.69, 9.17) is 18.5 Å². The van der Waals surface area contributed by atoms with E-state index in [-0.39, 0.29) is 48.7 Å². The van der Waals surface area contributed by atoms with Gasteiger partial charge in [-0.05, 0) is 116 Å². The van der Waals surface area contributed by atoms with E-state index < -0.39 is 32.5 Å². The minimum absolute atomic E-state index is 0.0648. The van der Waals surface area contributed by atoms with E-state index >= 15 is 0 Å². The number of quaternary nitrogens is 1. The van der Waals surface area contributed by atoms with Crippen LogP contribution in [-0.4, -0.2) is 92.7 Å². The summed E-state index contributed by atoms with van der Waals surface area (Å²) in [4.78, 5) is 38.0. The van der Waals surface area contributed by atoms with Gasteiger partial charge in [0.25, 0.3) is 7.82 Å². The molecule has 2 unspecified atom stereocenters. The first-order valence-electron chi connectivity index (χ1n) is 22.2. The molecule has 4 heterocycles. The quantitative estimate of drug-likeness (QED) is 0.0252. The van der Waals surface area contributed by atoms with Gasteiger partial charge in [-0.25, -0.2) is 0 Å². The van der Waals surface area contributed by atoms with Gasteiger partial charge in [-0.3, -0.25) is 14.2 Å². The highest BCUT2D eigenvalue weighted by Gasteiger charge is 2.41. The molecule has 17 nitrogen and oxygen atoms in total. The smallest absolute Gasteiger partial charge is 0.306 e. The van der Waals surface area contributed by atoms with Crippen molar-refractivity contribution in [3.8, 4) is 0 Å². The molecular formula is C40H72N9O8P. The van der Waals surface area contributed by atoms with Gasteiger partial charge in [-0.2, -0.15) is 40.9 Å². The van der Waals surface area contributed by atoms with Crippen molar-refractivity contribution < 1.29 is 42.1 Å². The van der Waals surface area contributed by atoms with Crippen LogP contribution in [0.3, 0.4) is 0 Å². The summed E-state index contributed by atoms with van der Waals surface area (Å²) in [6.45, 7) is 3.89. The fraction of sp³-hybridized carbons (Fsp3) is 0.950. The normalized spacial score (nSPS) is 19.8. The summed E-state index contributed by atoms with van der Waals surface area (Å²) in [5.41, 5.74) is -0.863. The van der Waals surface area contributed by atoms with Crippen LogP contribution in [0.15, 0.2) is 40.9 Å². The van der Waals surface area contributed by atoms with Gasteiger partial charge in [0.2, 0.25) is 0 Å². The standard InChI is InChI=1S/C40H72N9O8P/c1-6-8-22-37(41-42-37)24-14-10-16-26-39(45-46-39)28-18-12-20-35(50)54-32-34(33-56-58(52,53)55-31-30-49(3,4)5)57-36(51)21-13-19-29-40(47-48-40)27-17-11-15-25-38(43-44-38)23-9-7-2/h34H,6-33H2,1-5H3. The van der Waals surface area contributed by atoms with Crippen molar-refractivity contribution in [2.45, 2.75) is 197 Å². The number of hydrogen-bond acceptors (Lipinski definition) is 16. The number of phosphoric ester groups is 1. The maximum absolute atomic E-state index is 12.9. The molecule has 0 radical (unpaired) electrons. The molecule has 0 bridgehead atoms. The number of phosphoric acid groups is 1. The monoisotopic (exact) mass is 838 g/mol. The van der Waals surface area contributed by atoms with Crippen LogP contribution in [0.5, 0.6) is 0 Å². The average molecular weight is 838 g/mol. The molecule has 58 heavy (non-hydrogen) atoms. The number of likely N-dealkylation sites (N-methyl/N-ethyl adjacent to an activating group) is 1. The van der Waals surface area contributed by atoms with Crippen LogP contribution in [0, 0.1) is 0 Å². The van der Waals surface area contributed by atoms with Gasteiger partial charge in [0, 0.05) is 12.8 Å². The second-order valence-corrected chi connectivity index (χ2v) is 19.3. The molecule has 0 spiro atoms. The van der Waals surface area contributed by atoms with Crippen LogP contribution >= 0.6 is 7.82 Å². The third-order valence-electron chi connectivity index (χ3n) is 11.3. The van der Waals surface area contributed by atoms with Gasteiger partial charge < -0.3 is 27.9 Å². The summed E-state index contributed by atoms with van der Waals surface area (Å²) < 4.78 is 34.1. The van der Waals surface area contributed by atoms with E-state index in [1.165, 1.54) is 0 Å². The number of unbranched alkanes of at least 4 members (excludes halogenated alkanes) is 8. The molecule has 0 saturated heterocycles. The van der Waals surface area contributed by atoms with Gasteiger partial charge >= 0.3 is 11.9 Å². The zero-order valence-corrected chi connectivity index (χ0v) is 37.0. The number of esters is 2. The molecule has 4 aliphatic rings. The van der Waals surface area contributed by atoms with E-state index in [9.17, 15) is 19.0 Å². The molecule has 4 rings (SSSR count). The molecule has 330 valence electrons. The fourth-order valence-electron chi connectivity index (χ4n) is 7.10. The van der Waals surface area contributed by atoms with Gasteiger partial charge in [0.15, 0.2) is 28.8 Å². The van der Waals surface area contributed by atoms with E-state index in [0.29, 0.717) is 23.9 Å². The Labute approximate surface area is 346 Å². The molecule has 0 aromatic heterocycles. The summed E-state index contributed by atoms with van der Waals surface area (Å²) in [5, 5.41) is 34.4. The highest BCUT2D eigenvalue weighted by Crippen LogP contribution is 2.43. The Bertz CT molecular complexity index is 1450. The van der Waals surface area contributed by atoms with Gasteiger partial charge in [0.1, 0.15) is 19.8 Å². The molecule has 0 saturated carbocycles. The summed E-state index contributed by atoms with van der Waals surface area (Å²) in [5.74, 6) is -0.994. The first-order chi connectivity index (χ1) is 27.6. The third-order valence-corrected chi connectivity index (χ3v) is 12.2. The largest absolute Gasteiger partial charge is 0.756 e. The molecule has 0 amide bonds. The summed E-state index contributed by atoms with van der Waals surface area (Å²) in [6.07, 6.45) is 20.4. The maximum atomic E-state index is 12.9. The fourth-order valence-corrected chi connectivity index (χ4v) is 7.83. The van der Waals surface area contributed by atoms with Crippen LogP contribution in [0.4, 0.5) is 0 Å². The lowest BCUT2D eigenvalue weighted by molar-refractivity contribution is -0.870. The van der Waals surface area contributed by atoms with Crippen LogP contribution in [-0.2, 0) is 32.7 Å². The number of hydrogen-bond donors (Lipinski definition) is 0. The number of rotatable bonds is 38. The Morgan fingerprint density at radius 3 is 1.31 bits per heavy atom. The summed E-state index contributed by atoms with van der Waals surface area (Å²) >= 11 is 0. The van der Waals surface area contributed by atoms with E-state index in [2.05, 4.69) is 54.8 Å². The molecule has 4 aliphatic heterocycles. The van der Waals surface area contributed by atoms with Gasteiger partial charge in [-0.1, -0.05) is 39.5 Å². The van der Waals surface area contributed by atoms with Crippen molar-refractivity contribution in [1.82, 2.24) is 0 Å². The van der Waals surface area contributed by atoms with Crippen LogP contribution in [0.25, 0.3) is 0 Å². The SMILES string of the molecule is CCCCC1(CCCCCC2(CCCCC(=O)OCC(COP(=O)([O-])OCC[N+](C)(C)C)OC(=O)CCCCC3(CCCCCC4(CCCC)N=N4)N=N3)N=N2)N=N1. The topological polar surface area (TPSA) is 210 Å². The maximum Gasteiger partial charge on any atom is 0.306 e. The lowest BCUT2D eigenvalue weighted by Crippen LogP contribution is -2.37. The summed E-state index contributed by atoms with van der Waals surface area (Å²) in [6, 6.07) is 0. The molecule has 2 atom stereocenters. The molecule has 0 aromatic carbocycles. The van der Waals surface area contributed by atoms with E-state index in [1.54, 1.807) is 0 Å². The minimum atomic E-state index is -4.69.